The molecule has 2 heterocycles. The van der Waals surface area contributed by atoms with Crippen LogP contribution in [-0.2, 0) is 25.5 Å². The summed E-state index contributed by atoms with van der Waals surface area (Å²) in [5.41, 5.74) is 4.75. The minimum atomic E-state index is -0.553. The second-order valence-electron chi connectivity index (χ2n) is 8.41. The maximum atomic E-state index is 14.0. The highest BCUT2D eigenvalue weighted by Crippen LogP contribution is 2.50. The summed E-state index contributed by atoms with van der Waals surface area (Å²) in [7, 11) is 5.46. The van der Waals surface area contributed by atoms with E-state index in [0.29, 0.717) is 17.7 Å². The quantitative estimate of drug-likeness (QED) is 0.630. The van der Waals surface area contributed by atoms with E-state index in [2.05, 4.69) is 0 Å². The van der Waals surface area contributed by atoms with Crippen LogP contribution in [0.3, 0.4) is 0 Å². The van der Waals surface area contributed by atoms with Crippen molar-refractivity contribution in [2.75, 3.05) is 14.1 Å². The number of aryl methyl sites for hydroxylation is 3. The third kappa shape index (κ3) is 2.51. The summed E-state index contributed by atoms with van der Waals surface area (Å²) >= 11 is 0. The van der Waals surface area contributed by atoms with Gasteiger partial charge in [-0.15, -0.1) is 0 Å². The smallest absolute Gasteiger partial charge is 0.253 e. The molecule has 2 aliphatic rings. The van der Waals surface area contributed by atoms with Crippen molar-refractivity contribution in [2.24, 2.45) is 7.05 Å². The van der Waals surface area contributed by atoms with Gasteiger partial charge in [-0.25, -0.2) is 9.37 Å². The fraction of sp³-hybridized carbons (Fsp3) is 0.391. The van der Waals surface area contributed by atoms with Crippen LogP contribution in [0, 0.1) is 12.7 Å². The van der Waals surface area contributed by atoms with Crippen LogP contribution in [0.2, 0.25) is 0 Å². The number of rotatable bonds is 1. The second kappa shape index (κ2) is 6.05. The van der Waals surface area contributed by atoms with Crippen LogP contribution in [0.25, 0.3) is 11.0 Å². The van der Waals surface area contributed by atoms with E-state index in [4.69, 9.17) is 9.72 Å². The van der Waals surface area contributed by atoms with Crippen molar-refractivity contribution in [3.63, 3.8) is 0 Å². The SMILES string of the molecule is Cc1nc2c3c(c(C(=O)N(C)C)cc2n1C)CCC1(CCc2ccc(F)cc21)O3. The molecule has 29 heavy (non-hydrogen) atoms. The second-order valence-corrected chi connectivity index (χ2v) is 8.41. The average Bonchev–Trinajstić information content (AvgIpc) is 3.18. The highest BCUT2D eigenvalue weighted by molar-refractivity contribution is 6.01. The molecule has 0 N–H and O–H groups in total. The maximum absolute atomic E-state index is 14.0. The molecule has 150 valence electrons. The Bertz CT molecular complexity index is 1180. The number of benzene rings is 2. The predicted octanol–water partition coefficient (Wildman–Crippen LogP) is 3.89. The molecule has 0 saturated heterocycles. The van der Waals surface area contributed by atoms with Crippen molar-refractivity contribution in [2.45, 2.75) is 38.2 Å². The number of carbonyl (C=O) groups is 1. The summed E-state index contributed by atoms with van der Waals surface area (Å²) in [4.78, 5) is 19.3. The zero-order chi connectivity index (χ0) is 20.5. The molecule has 1 aromatic heterocycles. The van der Waals surface area contributed by atoms with E-state index in [1.54, 1.807) is 25.1 Å². The topological polar surface area (TPSA) is 47.4 Å². The minimum Gasteiger partial charge on any atom is -0.480 e. The zero-order valence-electron chi connectivity index (χ0n) is 17.2. The van der Waals surface area contributed by atoms with Crippen LogP contribution in [0.15, 0.2) is 24.3 Å². The molecular formula is C23H24FN3O2. The van der Waals surface area contributed by atoms with Gasteiger partial charge in [0.05, 0.1) is 5.52 Å². The molecule has 5 rings (SSSR count). The lowest BCUT2D eigenvalue weighted by Gasteiger charge is -2.37. The van der Waals surface area contributed by atoms with Gasteiger partial charge in [0.1, 0.15) is 22.8 Å². The molecule has 0 radical (unpaired) electrons. The van der Waals surface area contributed by atoms with Crippen molar-refractivity contribution < 1.29 is 13.9 Å². The van der Waals surface area contributed by atoms with Crippen molar-refractivity contribution in [3.8, 4) is 5.75 Å². The Kier molecular flexibility index (Phi) is 3.79. The van der Waals surface area contributed by atoms with Gasteiger partial charge in [-0.3, -0.25) is 4.79 Å². The number of nitrogens with zero attached hydrogens (tertiary/aromatic N) is 3. The van der Waals surface area contributed by atoms with Crippen molar-refractivity contribution >= 4 is 16.9 Å². The van der Waals surface area contributed by atoms with Crippen LogP contribution in [-0.4, -0.2) is 34.5 Å². The van der Waals surface area contributed by atoms with Crippen LogP contribution in [0.1, 0.15) is 45.7 Å². The van der Waals surface area contributed by atoms with Crippen molar-refractivity contribution in [1.82, 2.24) is 14.5 Å². The summed E-state index contributed by atoms with van der Waals surface area (Å²) in [6.07, 6.45) is 3.10. The highest BCUT2D eigenvalue weighted by atomic mass is 19.1. The lowest BCUT2D eigenvalue weighted by atomic mass is 9.84. The molecule has 0 saturated carbocycles. The summed E-state index contributed by atoms with van der Waals surface area (Å²) in [5.74, 6) is 1.26. The Balaban J connectivity index is 1.74. The van der Waals surface area contributed by atoms with Crippen LogP contribution in [0.5, 0.6) is 5.75 Å². The number of halogens is 1. The number of carbonyl (C=O) groups excluding carboxylic acids is 1. The predicted molar refractivity (Wildman–Crippen MR) is 109 cm³/mol. The number of amides is 1. The van der Waals surface area contributed by atoms with Crippen molar-refractivity contribution in [3.05, 3.63) is 58.2 Å². The van der Waals surface area contributed by atoms with E-state index in [9.17, 15) is 9.18 Å². The number of imidazole rings is 1. The van der Waals surface area contributed by atoms with Gasteiger partial charge in [0.15, 0.2) is 5.75 Å². The Hall–Kier alpha value is -2.89. The Morgan fingerprint density at radius 3 is 2.76 bits per heavy atom. The number of ether oxygens (including phenoxy) is 1. The van der Waals surface area contributed by atoms with Crippen LogP contribution < -0.4 is 4.74 Å². The van der Waals surface area contributed by atoms with Crippen LogP contribution in [0.4, 0.5) is 4.39 Å². The monoisotopic (exact) mass is 393 g/mol. The first-order valence-electron chi connectivity index (χ1n) is 9.99. The first-order chi connectivity index (χ1) is 13.8. The molecule has 1 aliphatic carbocycles. The third-order valence-electron chi connectivity index (χ3n) is 6.53. The lowest BCUT2D eigenvalue weighted by Crippen LogP contribution is -2.36. The third-order valence-corrected chi connectivity index (χ3v) is 6.53. The highest BCUT2D eigenvalue weighted by Gasteiger charge is 2.45. The lowest BCUT2D eigenvalue weighted by molar-refractivity contribution is 0.0454. The summed E-state index contributed by atoms with van der Waals surface area (Å²) in [6, 6.07) is 6.93. The molecule has 0 fully saturated rings. The fourth-order valence-corrected chi connectivity index (χ4v) is 4.84. The van der Waals surface area contributed by atoms with Gasteiger partial charge in [0.25, 0.3) is 5.91 Å². The normalized spacial score (nSPS) is 19.9. The number of hydrogen-bond acceptors (Lipinski definition) is 3. The van der Waals surface area contributed by atoms with Gasteiger partial charge in [-0.2, -0.15) is 0 Å². The van der Waals surface area contributed by atoms with E-state index < -0.39 is 5.60 Å². The Labute approximate surface area is 169 Å². The van der Waals surface area contributed by atoms with E-state index in [-0.39, 0.29) is 11.7 Å². The minimum absolute atomic E-state index is 0.0422. The largest absolute Gasteiger partial charge is 0.480 e. The molecule has 1 unspecified atom stereocenters. The Morgan fingerprint density at radius 2 is 2.00 bits per heavy atom. The van der Waals surface area contributed by atoms with Gasteiger partial charge >= 0.3 is 0 Å². The van der Waals surface area contributed by atoms with Gasteiger partial charge in [0, 0.05) is 37.8 Å². The van der Waals surface area contributed by atoms with Gasteiger partial charge in [0.2, 0.25) is 0 Å². The summed E-state index contributed by atoms with van der Waals surface area (Å²) in [5, 5.41) is 0. The zero-order valence-corrected chi connectivity index (χ0v) is 17.2. The molecule has 0 bridgehead atoms. The average molecular weight is 393 g/mol. The first-order valence-corrected chi connectivity index (χ1v) is 9.99. The number of hydrogen-bond donors (Lipinski definition) is 0. The van der Waals surface area contributed by atoms with E-state index in [1.807, 2.05) is 30.7 Å². The van der Waals surface area contributed by atoms with Crippen molar-refractivity contribution in [1.29, 1.82) is 0 Å². The van der Waals surface area contributed by atoms with E-state index >= 15 is 0 Å². The molecule has 1 spiro atoms. The molecule has 1 amide bonds. The molecule has 5 nitrogen and oxygen atoms in total. The van der Waals surface area contributed by atoms with Gasteiger partial charge in [-0.1, -0.05) is 6.07 Å². The van der Waals surface area contributed by atoms with Gasteiger partial charge < -0.3 is 14.2 Å². The molecule has 3 aromatic rings. The van der Waals surface area contributed by atoms with E-state index in [0.717, 1.165) is 52.8 Å². The van der Waals surface area contributed by atoms with E-state index in [1.165, 1.54) is 6.07 Å². The standard InChI is InChI=1S/C23H24FN3O2/c1-13-25-20-19(27(13)4)12-17(22(28)26(2)3)16-8-10-23(29-21(16)20)9-7-14-5-6-15(24)11-18(14)23/h5-6,11-12H,7-10H2,1-4H3. The maximum Gasteiger partial charge on any atom is 0.253 e. The molecular weight excluding hydrogens is 369 g/mol. The van der Waals surface area contributed by atoms with Gasteiger partial charge in [-0.05, 0) is 56.4 Å². The summed E-state index contributed by atoms with van der Waals surface area (Å²) < 4.78 is 22.7. The molecule has 1 atom stereocenters. The number of fused-ring (bicyclic) bond motifs is 5. The number of aromatic nitrogens is 2. The molecule has 6 heteroatoms. The van der Waals surface area contributed by atoms with Crippen LogP contribution >= 0.6 is 0 Å². The molecule has 2 aromatic carbocycles. The fourth-order valence-electron chi connectivity index (χ4n) is 4.84. The first kappa shape index (κ1) is 18.2. The summed E-state index contributed by atoms with van der Waals surface area (Å²) in [6.45, 7) is 1.94. The Morgan fingerprint density at radius 1 is 1.24 bits per heavy atom. The molecule has 1 aliphatic heterocycles.